The lowest BCUT2D eigenvalue weighted by atomic mass is 9.93. The van der Waals surface area contributed by atoms with Gasteiger partial charge in [-0.1, -0.05) is 41.9 Å². The number of hydrogen-bond acceptors (Lipinski definition) is 2. The summed E-state index contributed by atoms with van der Waals surface area (Å²) in [6, 6.07) is 14.3. The van der Waals surface area contributed by atoms with Gasteiger partial charge in [-0.3, -0.25) is 4.79 Å². The number of benzene rings is 2. The van der Waals surface area contributed by atoms with Crippen molar-refractivity contribution in [2.45, 2.75) is 30.7 Å². The average molecular weight is 346 g/mol. The van der Waals surface area contributed by atoms with Crippen molar-refractivity contribution in [1.82, 2.24) is 4.90 Å². The summed E-state index contributed by atoms with van der Waals surface area (Å²) in [6.45, 7) is 2.88. The first-order chi connectivity index (χ1) is 11.1. The molecule has 1 aliphatic rings. The number of carbonyl (C=O) groups is 1. The third-order valence-corrected chi connectivity index (χ3v) is 5.72. The van der Waals surface area contributed by atoms with E-state index in [-0.39, 0.29) is 11.9 Å². The highest BCUT2D eigenvalue weighted by Gasteiger charge is 2.27. The van der Waals surface area contributed by atoms with Gasteiger partial charge in [-0.2, -0.15) is 0 Å². The minimum atomic E-state index is 0.118. The molecular weight excluding hydrogens is 326 g/mol. The van der Waals surface area contributed by atoms with Crippen LogP contribution < -0.4 is 0 Å². The standard InChI is InChI=1S/C19H20ClNOS/c1-13-15-7-4-3-6-14(15)10-11-21(13)19(22)12-16-17(20)8-5-9-18(16)23-2/h3-9,13H,10-12H2,1-2H3. The Labute approximate surface area is 146 Å². The van der Waals surface area contributed by atoms with Crippen molar-refractivity contribution in [2.24, 2.45) is 0 Å². The van der Waals surface area contributed by atoms with Crippen LogP contribution in [0.1, 0.15) is 29.7 Å². The van der Waals surface area contributed by atoms with Gasteiger partial charge in [0.1, 0.15) is 0 Å². The van der Waals surface area contributed by atoms with E-state index in [1.165, 1.54) is 11.1 Å². The van der Waals surface area contributed by atoms with Crippen LogP contribution in [0.25, 0.3) is 0 Å². The first kappa shape index (κ1) is 16.4. The van der Waals surface area contributed by atoms with Crippen LogP contribution in [0.15, 0.2) is 47.4 Å². The summed E-state index contributed by atoms with van der Waals surface area (Å²) in [5.41, 5.74) is 3.56. The van der Waals surface area contributed by atoms with Crippen LogP contribution in [0.5, 0.6) is 0 Å². The Morgan fingerprint density at radius 3 is 2.83 bits per heavy atom. The highest BCUT2D eigenvalue weighted by atomic mass is 35.5. The number of fused-ring (bicyclic) bond motifs is 1. The van der Waals surface area contributed by atoms with E-state index in [9.17, 15) is 4.79 Å². The maximum atomic E-state index is 12.9. The summed E-state index contributed by atoms with van der Waals surface area (Å²) in [5, 5.41) is 0.676. The van der Waals surface area contributed by atoms with E-state index in [1.807, 2.05) is 35.4 Å². The molecule has 2 nitrogen and oxygen atoms in total. The predicted molar refractivity (Wildman–Crippen MR) is 97.2 cm³/mol. The van der Waals surface area contributed by atoms with Crippen LogP contribution in [-0.2, 0) is 17.6 Å². The minimum absolute atomic E-state index is 0.118. The van der Waals surface area contributed by atoms with Gasteiger partial charge in [-0.05, 0) is 48.4 Å². The van der Waals surface area contributed by atoms with E-state index >= 15 is 0 Å². The predicted octanol–water partition coefficient (Wildman–Crippen LogP) is 4.75. The highest BCUT2D eigenvalue weighted by molar-refractivity contribution is 7.98. The van der Waals surface area contributed by atoms with E-state index in [1.54, 1.807) is 11.8 Å². The molecule has 0 bridgehead atoms. The van der Waals surface area contributed by atoms with Gasteiger partial charge < -0.3 is 4.90 Å². The monoisotopic (exact) mass is 345 g/mol. The lowest BCUT2D eigenvalue weighted by molar-refractivity contribution is -0.133. The zero-order chi connectivity index (χ0) is 16.4. The van der Waals surface area contributed by atoms with Crippen molar-refractivity contribution < 1.29 is 4.79 Å². The molecule has 0 fully saturated rings. The molecule has 0 spiro atoms. The third-order valence-electron chi connectivity index (χ3n) is 4.54. The number of thioether (sulfide) groups is 1. The van der Waals surface area contributed by atoms with Crippen molar-refractivity contribution in [3.8, 4) is 0 Å². The molecule has 1 aliphatic heterocycles. The molecule has 2 aromatic rings. The highest BCUT2D eigenvalue weighted by Crippen LogP contribution is 2.32. The Bertz CT molecular complexity index is 731. The van der Waals surface area contributed by atoms with Crippen molar-refractivity contribution in [2.75, 3.05) is 12.8 Å². The normalized spacial score (nSPS) is 17.0. The third kappa shape index (κ3) is 3.26. The van der Waals surface area contributed by atoms with Crippen molar-refractivity contribution >= 4 is 29.3 Å². The van der Waals surface area contributed by atoms with Gasteiger partial charge in [0.25, 0.3) is 0 Å². The zero-order valence-electron chi connectivity index (χ0n) is 13.4. The number of halogens is 1. The van der Waals surface area contributed by atoms with Crippen molar-refractivity contribution in [3.05, 3.63) is 64.2 Å². The zero-order valence-corrected chi connectivity index (χ0v) is 15.0. The fourth-order valence-corrected chi connectivity index (χ4v) is 4.21. The molecule has 1 unspecified atom stereocenters. The molecule has 1 heterocycles. The van der Waals surface area contributed by atoms with Gasteiger partial charge in [0, 0.05) is 16.5 Å². The molecule has 0 aliphatic carbocycles. The summed E-state index contributed by atoms with van der Waals surface area (Å²) in [6.07, 6.45) is 3.30. The molecule has 3 rings (SSSR count). The smallest absolute Gasteiger partial charge is 0.227 e. The van der Waals surface area contributed by atoms with E-state index in [0.29, 0.717) is 11.4 Å². The molecule has 4 heteroatoms. The fourth-order valence-electron chi connectivity index (χ4n) is 3.27. The maximum absolute atomic E-state index is 12.9. The van der Waals surface area contributed by atoms with E-state index in [2.05, 4.69) is 25.1 Å². The SMILES string of the molecule is CSc1cccc(Cl)c1CC(=O)N1CCc2ccccc2C1C. The van der Waals surface area contributed by atoms with E-state index < -0.39 is 0 Å². The van der Waals surface area contributed by atoms with E-state index in [4.69, 9.17) is 11.6 Å². The Kier molecular flexibility index (Phi) is 4.98. The second-order valence-corrected chi connectivity index (χ2v) is 7.06. The molecule has 0 saturated heterocycles. The summed E-state index contributed by atoms with van der Waals surface area (Å²) < 4.78 is 0. The first-order valence-electron chi connectivity index (χ1n) is 7.80. The molecule has 0 radical (unpaired) electrons. The summed E-state index contributed by atoms with van der Waals surface area (Å²) in [4.78, 5) is 15.9. The first-order valence-corrected chi connectivity index (χ1v) is 9.40. The van der Waals surface area contributed by atoms with Crippen LogP contribution in [0.3, 0.4) is 0 Å². The summed E-state index contributed by atoms with van der Waals surface area (Å²) >= 11 is 7.96. The number of rotatable bonds is 3. The quantitative estimate of drug-likeness (QED) is 0.748. The second-order valence-electron chi connectivity index (χ2n) is 5.81. The number of hydrogen-bond donors (Lipinski definition) is 0. The van der Waals surface area contributed by atoms with Gasteiger partial charge in [-0.25, -0.2) is 0 Å². The molecule has 0 aromatic heterocycles. The topological polar surface area (TPSA) is 20.3 Å². The number of carbonyl (C=O) groups excluding carboxylic acids is 1. The Morgan fingerprint density at radius 2 is 2.04 bits per heavy atom. The Morgan fingerprint density at radius 1 is 1.26 bits per heavy atom. The van der Waals surface area contributed by atoms with Crippen molar-refractivity contribution in [1.29, 1.82) is 0 Å². The summed E-state index contributed by atoms with van der Waals surface area (Å²) in [5.74, 6) is 0.149. The molecule has 2 aromatic carbocycles. The fraction of sp³-hybridized carbons (Fsp3) is 0.316. The van der Waals surface area contributed by atoms with E-state index in [0.717, 1.165) is 23.4 Å². The van der Waals surface area contributed by atoms with Gasteiger partial charge in [0.2, 0.25) is 5.91 Å². The molecule has 1 amide bonds. The van der Waals surface area contributed by atoms with Gasteiger partial charge in [0.05, 0.1) is 12.5 Å². The largest absolute Gasteiger partial charge is 0.335 e. The molecule has 0 saturated carbocycles. The van der Waals surface area contributed by atoms with Crippen LogP contribution >= 0.6 is 23.4 Å². The number of amides is 1. The summed E-state index contributed by atoms with van der Waals surface area (Å²) in [7, 11) is 0. The molecule has 0 N–H and O–H groups in total. The van der Waals surface area contributed by atoms with Crippen LogP contribution in [0.4, 0.5) is 0 Å². The van der Waals surface area contributed by atoms with Crippen molar-refractivity contribution in [3.63, 3.8) is 0 Å². The van der Waals surface area contributed by atoms with Crippen LogP contribution in [0, 0.1) is 0 Å². The molecular formula is C19H20ClNOS. The Balaban J connectivity index is 1.83. The molecule has 23 heavy (non-hydrogen) atoms. The molecule has 1 atom stereocenters. The average Bonchev–Trinajstić information content (AvgIpc) is 2.57. The molecule has 120 valence electrons. The Hall–Kier alpha value is -1.45. The van der Waals surface area contributed by atoms with Crippen LogP contribution in [-0.4, -0.2) is 23.6 Å². The second kappa shape index (κ2) is 6.98. The maximum Gasteiger partial charge on any atom is 0.227 e. The lowest BCUT2D eigenvalue weighted by Crippen LogP contribution is -2.39. The van der Waals surface area contributed by atoms with Gasteiger partial charge in [-0.15, -0.1) is 11.8 Å². The van der Waals surface area contributed by atoms with Gasteiger partial charge >= 0.3 is 0 Å². The van der Waals surface area contributed by atoms with Crippen LogP contribution in [0.2, 0.25) is 5.02 Å². The van der Waals surface area contributed by atoms with Gasteiger partial charge in [0.15, 0.2) is 0 Å². The lowest BCUT2D eigenvalue weighted by Gasteiger charge is -2.35. The number of nitrogens with zero attached hydrogens (tertiary/aromatic N) is 1. The minimum Gasteiger partial charge on any atom is -0.335 e.